The molecule has 128 valence electrons. The standard InChI is InChI=1S/C10H23NO.C5H7F.C3H8/c1-4-9(12)6-7-10(3,5-2)8-11;1-3-5(2)4-6;1-3-2/h9,12H,4-8,11H2,1-3H3;3H,1-2,4H2;3H2,1-2H3. The average Bonchev–Trinajstić information content (AvgIpc) is 2.52. The van der Waals surface area contributed by atoms with Crippen LogP contribution in [0.4, 0.5) is 4.39 Å². The van der Waals surface area contributed by atoms with Gasteiger partial charge in [0.15, 0.2) is 0 Å². The first-order chi connectivity index (χ1) is 9.80. The summed E-state index contributed by atoms with van der Waals surface area (Å²) in [6.45, 7) is 17.4. The predicted octanol–water partition coefficient (Wildman–Crippen LogP) is 5.03. The van der Waals surface area contributed by atoms with Gasteiger partial charge in [-0.2, -0.15) is 0 Å². The quantitative estimate of drug-likeness (QED) is 0.618. The van der Waals surface area contributed by atoms with Crippen LogP contribution < -0.4 is 5.73 Å². The van der Waals surface area contributed by atoms with Crippen LogP contribution in [0.15, 0.2) is 24.8 Å². The average molecular weight is 304 g/mol. The van der Waals surface area contributed by atoms with Crippen molar-refractivity contribution in [2.24, 2.45) is 11.1 Å². The van der Waals surface area contributed by atoms with E-state index >= 15 is 0 Å². The molecule has 0 saturated carbocycles. The SMILES string of the molecule is C=CC(=C)CF.CCC.CCC(O)CCC(C)(CC)CN. The summed E-state index contributed by atoms with van der Waals surface area (Å²) in [5.74, 6) is 0. The van der Waals surface area contributed by atoms with Crippen molar-refractivity contribution in [1.29, 1.82) is 0 Å². The lowest BCUT2D eigenvalue weighted by Crippen LogP contribution is -2.27. The highest BCUT2D eigenvalue weighted by Gasteiger charge is 2.20. The van der Waals surface area contributed by atoms with E-state index in [1.54, 1.807) is 0 Å². The van der Waals surface area contributed by atoms with Gasteiger partial charge in [-0.1, -0.05) is 60.3 Å². The zero-order valence-corrected chi connectivity index (χ0v) is 14.9. The molecule has 0 aromatic heterocycles. The summed E-state index contributed by atoms with van der Waals surface area (Å²) >= 11 is 0. The molecule has 2 atom stereocenters. The molecule has 3 N–H and O–H groups in total. The Morgan fingerprint density at radius 2 is 1.81 bits per heavy atom. The lowest BCUT2D eigenvalue weighted by atomic mass is 9.82. The van der Waals surface area contributed by atoms with Crippen LogP contribution in [0.25, 0.3) is 0 Å². The van der Waals surface area contributed by atoms with Crippen LogP contribution >= 0.6 is 0 Å². The summed E-state index contributed by atoms with van der Waals surface area (Å²) in [5.41, 5.74) is 6.34. The molecule has 0 aliphatic heterocycles. The van der Waals surface area contributed by atoms with E-state index in [9.17, 15) is 9.50 Å². The van der Waals surface area contributed by atoms with Crippen LogP contribution in [0.3, 0.4) is 0 Å². The molecule has 3 heteroatoms. The molecular weight excluding hydrogens is 265 g/mol. The second-order valence-electron chi connectivity index (χ2n) is 5.67. The summed E-state index contributed by atoms with van der Waals surface area (Å²) in [6.07, 6.45) is 6.39. The first-order valence-corrected chi connectivity index (χ1v) is 8.04. The van der Waals surface area contributed by atoms with Gasteiger partial charge >= 0.3 is 0 Å². The number of aliphatic hydroxyl groups excluding tert-OH is 1. The highest BCUT2D eigenvalue weighted by Crippen LogP contribution is 2.26. The second kappa shape index (κ2) is 17.4. The van der Waals surface area contributed by atoms with Gasteiger partial charge in [0.25, 0.3) is 0 Å². The molecular formula is C18H38FNO. The maximum atomic E-state index is 11.2. The van der Waals surface area contributed by atoms with Crippen molar-refractivity contribution in [3.63, 3.8) is 0 Å². The largest absolute Gasteiger partial charge is 0.393 e. The Balaban J connectivity index is -0.000000300. The van der Waals surface area contributed by atoms with Crippen molar-refractivity contribution in [3.05, 3.63) is 24.8 Å². The summed E-state index contributed by atoms with van der Waals surface area (Å²) < 4.78 is 11.2. The van der Waals surface area contributed by atoms with Crippen LogP contribution in [-0.4, -0.2) is 24.4 Å². The number of alkyl halides is 1. The van der Waals surface area contributed by atoms with Gasteiger partial charge in [0, 0.05) is 0 Å². The van der Waals surface area contributed by atoms with Crippen molar-refractivity contribution in [2.75, 3.05) is 13.2 Å². The molecule has 21 heavy (non-hydrogen) atoms. The van der Waals surface area contributed by atoms with Crippen LogP contribution in [0, 0.1) is 5.41 Å². The Morgan fingerprint density at radius 1 is 1.33 bits per heavy atom. The van der Waals surface area contributed by atoms with E-state index in [-0.39, 0.29) is 11.5 Å². The first kappa shape index (κ1) is 25.3. The van der Waals surface area contributed by atoms with E-state index in [1.807, 2.05) is 6.92 Å². The molecule has 0 aliphatic carbocycles. The van der Waals surface area contributed by atoms with Gasteiger partial charge in [0.05, 0.1) is 6.10 Å². The number of aliphatic hydroxyl groups is 1. The van der Waals surface area contributed by atoms with Gasteiger partial charge in [-0.05, 0) is 43.2 Å². The summed E-state index contributed by atoms with van der Waals surface area (Å²) in [6, 6.07) is 0. The first-order valence-electron chi connectivity index (χ1n) is 8.04. The number of hydrogen-bond donors (Lipinski definition) is 2. The Hall–Kier alpha value is -0.670. The number of nitrogens with two attached hydrogens (primary N) is 1. The molecule has 0 spiro atoms. The van der Waals surface area contributed by atoms with E-state index in [4.69, 9.17) is 5.73 Å². The lowest BCUT2D eigenvalue weighted by Gasteiger charge is -2.27. The Bertz CT molecular complexity index is 237. The molecule has 0 aromatic carbocycles. The maximum absolute atomic E-state index is 11.2. The van der Waals surface area contributed by atoms with Crippen molar-refractivity contribution < 1.29 is 9.50 Å². The number of rotatable bonds is 8. The van der Waals surface area contributed by atoms with Gasteiger partial charge in [-0.25, -0.2) is 4.39 Å². The minimum Gasteiger partial charge on any atom is -0.393 e. The number of hydrogen-bond acceptors (Lipinski definition) is 2. The Labute approximate surface area is 132 Å². The monoisotopic (exact) mass is 303 g/mol. The third-order valence-corrected chi connectivity index (χ3v) is 3.36. The van der Waals surface area contributed by atoms with E-state index < -0.39 is 6.67 Å². The summed E-state index contributed by atoms with van der Waals surface area (Å²) in [5, 5.41) is 9.37. The number of halogens is 1. The summed E-state index contributed by atoms with van der Waals surface area (Å²) in [4.78, 5) is 0. The van der Waals surface area contributed by atoms with Crippen LogP contribution in [-0.2, 0) is 0 Å². The maximum Gasteiger partial charge on any atom is 0.114 e. The Kier molecular flexibility index (Phi) is 20.9. The minimum atomic E-state index is -0.483. The fourth-order valence-electron chi connectivity index (χ4n) is 1.20. The fraction of sp³-hybridized carbons (Fsp3) is 0.778. The zero-order valence-electron chi connectivity index (χ0n) is 14.9. The van der Waals surface area contributed by atoms with E-state index in [1.165, 1.54) is 12.5 Å². The van der Waals surface area contributed by atoms with Crippen molar-refractivity contribution in [3.8, 4) is 0 Å². The zero-order chi connectivity index (χ0) is 17.3. The van der Waals surface area contributed by atoms with Gasteiger partial charge in [-0.3, -0.25) is 0 Å². The highest BCUT2D eigenvalue weighted by atomic mass is 19.1. The molecule has 2 nitrogen and oxygen atoms in total. The molecule has 0 heterocycles. The smallest absolute Gasteiger partial charge is 0.114 e. The van der Waals surface area contributed by atoms with Crippen molar-refractivity contribution >= 4 is 0 Å². The van der Waals surface area contributed by atoms with E-state index in [0.717, 1.165) is 32.2 Å². The van der Waals surface area contributed by atoms with Crippen molar-refractivity contribution in [2.45, 2.75) is 72.8 Å². The summed E-state index contributed by atoms with van der Waals surface area (Å²) in [7, 11) is 0. The Morgan fingerprint density at radius 3 is 2.00 bits per heavy atom. The topological polar surface area (TPSA) is 46.2 Å². The number of allylic oxidation sites excluding steroid dienone is 2. The molecule has 0 bridgehead atoms. The molecule has 0 radical (unpaired) electrons. The molecule has 0 aliphatic rings. The molecule has 0 aromatic rings. The second-order valence-corrected chi connectivity index (χ2v) is 5.67. The van der Waals surface area contributed by atoms with Gasteiger partial charge in [-0.15, -0.1) is 0 Å². The molecule has 0 amide bonds. The van der Waals surface area contributed by atoms with E-state index in [2.05, 4.69) is 40.9 Å². The van der Waals surface area contributed by atoms with E-state index in [0.29, 0.717) is 5.57 Å². The fourth-order valence-corrected chi connectivity index (χ4v) is 1.20. The highest BCUT2D eigenvalue weighted by molar-refractivity contribution is 5.10. The van der Waals surface area contributed by atoms with Gasteiger partial charge in [0.1, 0.15) is 6.67 Å². The predicted molar refractivity (Wildman–Crippen MR) is 94.3 cm³/mol. The van der Waals surface area contributed by atoms with Crippen LogP contribution in [0.5, 0.6) is 0 Å². The molecule has 0 rings (SSSR count). The van der Waals surface area contributed by atoms with Gasteiger partial charge < -0.3 is 10.8 Å². The minimum absolute atomic E-state index is 0.137. The third-order valence-electron chi connectivity index (χ3n) is 3.36. The molecule has 0 saturated heterocycles. The lowest BCUT2D eigenvalue weighted by molar-refractivity contribution is 0.134. The normalized spacial score (nSPS) is 13.7. The molecule has 2 unspecified atom stereocenters. The van der Waals surface area contributed by atoms with Crippen LogP contribution in [0.2, 0.25) is 0 Å². The molecule has 0 fully saturated rings. The van der Waals surface area contributed by atoms with Crippen molar-refractivity contribution in [1.82, 2.24) is 0 Å². The third kappa shape index (κ3) is 19.3. The van der Waals surface area contributed by atoms with Gasteiger partial charge in [0.2, 0.25) is 0 Å². The van der Waals surface area contributed by atoms with Crippen LogP contribution in [0.1, 0.15) is 66.7 Å².